The van der Waals surface area contributed by atoms with Crippen molar-refractivity contribution in [1.29, 1.82) is 0 Å². The van der Waals surface area contributed by atoms with E-state index in [0.717, 1.165) is 17.4 Å². The highest BCUT2D eigenvalue weighted by molar-refractivity contribution is 8.03. The number of thioether (sulfide) groups is 1. The smallest absolute Gasteiger partial charge is 0.361 e. The van der Waals surface area contributed by atoms with Crippen LogP contribution in [0, 0.1) is 0 Å². The number of nitrogens with zero attached hydrogens (tertiary/aromatic N) is 2. The van der Waals surface area contributed by atoms with Crippen LogP contribution in [0.4, 0.5) is 8.78 Å². The topological polar surface area (TPSA) is 33.2 Å². The summed E-state index contributed by atoms with van der Waals surface area (Å²) in [6.45, 7) is 1.14. The van der Waals surface area contributed by atoms with Gasteiger partial charge in [-0.3, -0.25) is 4.79 Å². The summed E-state index contributed by atoms with van der Waals surface area (Å²) in [4.78, 5) is 17.0. The molecule has 2 heterocycles. The molecule has 0 atom stereocenters. The number of pyridine rings is 1. The molecule has 2 rings (SSSR count). The number of carbonyl (C=O) groups excluding carboxylic acids is 1. The Balaban J connectivity index is 2.09. The second-order valence-electron chi connectivity index (χ2n) is 4.10. The van der Waals surface area contributed by atoms with E-state index in [1.165, 1.54) is 11.8 Å². The first-order valence-corrected chi connectivity index (χ1v) is 7.41. The zero-order valence-electron chi connectivity index (χ0n) is 10.2. The van der Waals surface area contributed by atoms with Crippen LogP contribution in [0.3, 0.4) is 0 Å². The van der Waals surface area contributed by atoms with E-state index in [2.05, 4.69) is 4.98 Å². The van der Waals surface area contributed by atoms with Gasteiger partial charge in [-0.15, -0.1) is 11.8 Å². The van der Waals surface area contributed by atoms with Crippen molar-refractivity contribution in [3.05, 3.63) is 40.2 Å². The van der Waals surface area contributed by atoms with Gasteiger partial charge in [-0.2, -0.15) is 8.78 Å². The van der Waals surface area contributed by atoms with E-state index in [1.54, 1.807) is 18.3 Å². The van der Waals surface area contributed by atoms with E-state index in [1.807, 2.05) is 4.90 Å². The van der Waals surface area contributed by atoms with Crippen molar-refractivity contribution in [3.8, 4) is 0 Å². The van der Waals surface area contributed by atoms with Crippen LogP contribution in [0.2, 0.25) is 5.15 Å². The quantitative estimate of drug-likeness (QED) is 0.477. The fourth-order valence-electron chi connectivity index (χ4n) is 1.67. The standard InChI is InChI=1S/C12H10Cl2F2N2OS/c13-10-2-1-8(6-17-10)7-18-3-4-20-11(18)5-9(19)12(14,15)16/h1-2,5-6H,3-4,7H2. The number of ketones is 1. The number of halogens is 4. The molecule has 1 aliphatic rings. The van der Waals surface area contributed by atoms with E-state index < -0.39 is 11.2 Å². The van der Waals surface area contributed by atoms with Gasteiger partial charge < -0.3 is 4.90 Å². The maximum atomic E-state index is 12.7. The predicted octanol–water partition coefficient (Wildman–Crippen LogP) is 3.53. The normalized spacial score (nSPS) is 17.8. The summed E-state index contributed by atoms with van der Waals surface area (Å²) in [5.74, 6) is -0.670. The molecular formula is C12H10Cl2F2N2OS. The van der Waals surface area contributed by atoms with Crippen molar-refractivity contribution in [2.75, 3.05) is 12.3 Å². The number of carbonyl (C=O) groups is 1. The minimum absolute atomic E-state index is 0.386. The van der Waals surface area contributed by atoms with E-state index in [9.17, 15) is 13.6 Å². The van der Waals surface area contributed by atoms with Gasteiger partial charge in [-0.25, -0.2) is 4.98 Å². The molecule has 1 saturated heterocycles. The molecule has 1 aromatic rings. The lowest BCUT2D eigenvalue weighted by molar-refractivity contribution is -0.128. The lowest BCUT2D eigenvalue weighted by Crippen LogP contribution is -2.22. The molecule has 1 aromatic heterocycles. The minimum Gasteiger partial charge on any atom is -0.361 e. The highest BCUT2D eigenvalue weighted by Crippen LogP contribution is 2.31. The molecule has 20 heavy (non-hydrogen) atoms. The number of hydrogen-bond donors (Lipinski definition) is 0. The molecule has 0 N–H and O–H groups in total. The summed E-state index contributed by atoms with van der Waals surface area (Å²) in [5.41, 5.74) is 0.882. The summed E-state index contributed by atoms with van der Waals surface area (Å²) in [6, 6.07) is 3.45. The number of aromatic nitrogens is 1. The number of allylic oxidation sites excluding steroid dienone is 1. The van der Waals surface area contributed by atoms with E-state index in [4.69, 9.17) is 23.2 Å². The van der Waals surface area contributed by atoms with Gasteiger partial charge in [0.2, 0.25) is 5.78 Å². The molecule has 0 unspecified atom stereocenters. The largest absolute Gasteiger partial charge is 0.384 e. The highest BCUT2D eigenvalue weighted by atomic mass is 35.5. The zero-order valence-corrected chi connectivity index (χ0v) is 12.5. The van der Waals surface area contributed by atoms with Crippen LogP contribution >= 0.6 is 35.0 Å². The third-order valence-corrected chi connectivity index (χ3v) is 4.09. The highest BCUT2D eigenvalue weighted by Gasteiger charge is 2.35. The third kappa shape index (κ3) is 4.07. The molecule has 1 fully saturated rings. The molecule has 1 aliphatic heterocycles. The summed E-state index contributed by atoms with van der Waals surface area (Å²) >= 11 is 11.7. The zero-order chi connectivity index (χ0) is 14.8. The Bertz CT molecular complexity index is 531. The maximum Gasteiger partial charge on any atom is 0.384 e. The molecule has 0 aliphatic carbocycles. The van der Waals surface area contributed by atoms with Crippen LogP contribution in [0.5, 0.6) is 0 Å². The Labute approximate surface area is 128 Å². The molecule has 0 saturated carbocycles. The van der Waals surface area contributed by atoms with Crippen molar-refractivity contribution < 1.29 is 13.6 Å². The predicted molar refractivity (Wildman–Crippen MR) is 76.0 cm³/mol. The van der Waals surface area contributed by atoms with Crippen molar-refractivity contribution in [2.45, 2.75) is 11.9 Å². The molecule has 0 amide bonds. The summed E-state index contributed by atoms with van der Waals surface area (Å²) < 4.78 is 25.4. The van der Waals surface area contributed by atoms with Gasteiger partial charge in [0.1, 0.15) is 5.15 Å². The average Bonchev–Trinajstić information content (AvgIpc) is 2.78. The number of rotatable bonds is 4. The fraction of sp³-hybridized carbons (Fsp3) is 0.333. The van der Waals surface area contributed by atoms with Gasteiger partial charge in [-0.05, 0) is 23.2 Å². The third-order valence-electron chi connectivity index (χ3n) is 2.62. The maximum absolute atomic E-state index is 12.7. The van der Waals surface area contributed by atoms with Gasteiger partial charge in [-0.1, -0.05) is 17.7 Å². The van der Waals surface area contributed by atoms with Crippen LogP contribution in [-0.2, 0) is 11.3 Å². The molecule has 0 bridgehead atoms. The monoisotopic (exact) mass is 338 g/mol. The van der Waals surface area contributed by atoms with Crippen LogP contribution in [0.15, 0.2) is 29.4 Å². The lowest BCUT2D eigenvalue weighted by Gasteiger charge is -2.19. The van der Waals surface area contributed by atoms with Crippen molar-refractivity contribution in [3.63, 3.8) is 0 Å². The molecular weight excluding hydrogens is 329 g/mol. The van der Waals surface area contributed by atoms with Gasteiger partial charge in [0.05, 0.1) is 5.03 Å². The van der Waals surface area contributed by atoms with Crippen molar-refractivity contribution in [1.82, 2.24) is 9.88 Å². The molecule has 108 valence electrons. The van der Waals surface area contributed by atoms with Crippen LogP contribution in [0.1, 0.15) is 5.56 Å². The van der Waals surface area contributed by atoms with Gasteiger partial charge in [0, 0.05) is 31.1 Å². The molecule has 3 nitrogen and oxygen atoms in total. The lowest BCUT2D eigenvalue weighted by atomic mass is 10.2. The van der Waals surface area contributed by atoms with E-state index in [0.29, 0.717) is 23.3 Å². The molecule has 8 heteroatoms. The van der Waals surface area contributed by atoms with Crippen LogP contribution in [0.25, 0.3) is 0 Å². The average molecular weight is 339 g/mol. The van der Waals surface area contributed by atoms with Crippen LogP contribution in [-0.4, -0.2) is 33.3 Å². The Kier molecular flexibility index (Phi) is 4.88. The fourth-order valence-corrected chi connectivity index (χ4v) is 2.88. The van der Waals surface area contributed by atoms with Crippen molar-refractivity contribution in [2.24, 2.45) is 0 Å². The van der Waals surface area contributed by atoms with Crippen molar-refractivity contribution >= 4 is 40.7 Å². The Morgan fingerprint density at radius 3 is 2.90 bits per heavy atom. The second kappa shape index (κ2) is 6.28. The Morgan fingerprint density at radius 2 is 2.30 bits per heavy atom. The van der Waals surface area contributed by atoms with Crippen LogP contribution < -0.4 is 0 Å². The molecule has 0 spiro atoms. The first-order chi connectivity index (χ1) is 9.36. The second-order valence-corrected chi connectivity index (χ2v) is 6.08. The van der Waals surface area contributed by atoms with Gasteiger partial charge in [0.15, 0.2) is 0 Å². The summed E-state index contributed by atoms with van der Waals surface area (Å²) in [6.07, 6.45) is 2.51. The first kappa shape index (κ1) is 15.5. The summed E-state index contributed by atoms with van der Waals surface area (Å²) in [7, 11) is 0. The SMILES string of the molecule is O=C(C=C1SCCN1Cc1ccc(Cl)nc1)C(F)(F)Cl. The molecule has 0 aromatic carbocycles. The number of alkyl halides is 3. The Morgan fingerprint density at radius 1 is 1.55 bits per heavy atom. The van der Waals surface area contributed by atoms with Gasteiger partial charge >= 0.3 is 5.38 Å². The molecule has 0 radical (unpaired) electrons. The van der Waals surface area contributed by atoms with E-state index >= 15 is 0 Å². The van der Waals surface area contributed by atoms with Gasteiger partial charge in [0.25, 0.3) is 0 Å². The minimum atomic E-state index is -3.86. The number of hydrogen-bond acceptors (Lipinski definition) is 4. The Hall–Kier alpha value is -0.850. The first-order valence-electron chi connectivity index (χ1n) is 5.67. The van der Waals surface area contributed by atoms with E-state index in [-0.39, 0.29) is 0 Å². The summed E-state index contributed by atoms with van der Waals surface area (Å²) in [5, 5.41) is -2.98.